The van der Waals surface area contributed by atoms with E-state index < -0.39 is 5.91 Å². The van der Waals surface area contributed by atoms with Crippen molar-refractivity contribution in [2.45, 2.75) is 69.4 Å². The summed E-state index contributed by atoms with van der Waals surface area (Å²) in [7, 11) is 0. The molecule has 2 aliphatic rings. The zero-order chi connectivity index (χ0) is 13.9. The summed E-state index contributed by atoms with van der Waals surface area (Å²) >= 11 is 0. The van der Waals surface area contributed by atoms with Crippen molar-refractivity contribution in [2.24, 2.45) is 11.5 Å². The molecule has 0 aromatic heterocycles. The molecule has 0 atom stereocenters. The molecule has 0 unspecified atom stereocenters. The quantitative estimate of drug-likeness (QED) is 0.775. The third kappa shape index (κ3) is 3.69. The fourth-order valence-corrected chi connectivity index (χ4v) is 3.46. The van der Waals surface area contributed by atoms with Crippen molar-refractivity contribution < 1.29 is 9.59 Å². The predicted molar refractivity (Wildman–Crippen MR) is 73.2 cm³/mol. The van der Waals surface area contributed by atoms with Gasteiger partial charge >= 0.3 is 0 Å². The van der Waals surface area contributed by atoms with Crippen LogP contribution in [0.25, 0.3) is 0 Å². The maximum atomic E-state index is 12.5. The second-order valence-corrected chi connectivity index (χ2v) is 6.17. The lowest BCUT2D eigenvalue weighted by Crippen LogP contribution is -2.49. The smallest absolute Gasteiger partial charge is 0.237 e. The number of nitrogens with two attached hydrogens (primary N) is 2. The van der Waals surface area contributed by atoms with E-state index in [1.165, 1.54) is 0 Å². The first-order valence-corrected chi connectivity index (χ1v) is 7.37. The molecular formula is C14H25N3O2. The van der Waals surface area contributed by atoms with E-state index in [1.807, 2.05) is 0 Å². The molecule has 2 saturated carbocycles. The second kappa shape index (κ2) is 5.90. The molecule has 108 valence electrons. The molecular weight excluding hydrogens is 242 g/mol. The molecule has 0 aliphatic heterocycles. The van der Waals surface area contributed by atoms with Crippen molar-refractivity contribution in [1.82, 2.24) is 4.90 Å². The van der Waals surface area contributed by atoms with E-state index in [1.54, 1.807) is 4.90 Å². The summed E-state index contributed by atoms with van der Waals surface area (Å²) in [5, 5.41) is 0. The molecule has 0 radical (unpaired) electrons. The number of primary amides is 1. The van der Waals surface area contributed by atoms with Crippen LogP contribution in [0.3, 0.4) is 0 Å². The van der Waals surface area contributed by atoms with Crippen LogP contribution in [0.15, 0.2) is 0 Å². The van der Waals surface area contributed by atoms with Crippen molar-refractivity contribution in [2.75, 3.05) is 6.54 Å². The van der Waals surface area contributed by atoms with Gasteiger partial charge in [-0.25, -0.2) is 0 Å². The Balaban J connectivity index is 1.99. The SMILES string of the molecule is NC(=O)CN(C(=O)CC1(N)CCCC1)C1CCCC1. The second-order valence-electron chi connectivity index (χ2n) is 6.17. The largest absolute Gasteiger partial charge is 0.368 e. The van der Waals surface area contributed by atoms with Gasteiger partial charge in [-0.15, -0.1) is 0 Å². The molecule has 0 aromatic rings. The van der Waals surface area contributed by atoms with E-state index in [9.17, 15) is 9.59 Å². The summed E-state index contributed by atoms with van der Waals surface area (Å²) in [6.45, 7) is 0.0413. The highest BCUT2D eigenvalue weighted by Gasteiger charge is 2.36. The van der Waals surface area contributed by atoms with E-state index in [2.05, 4.69) is 0 Å². The van der Waals surface area contributed by atoms with Crippen molar-refractivity contribution in [1.29, 1.82) is 0 Å². The van der Waals surface area contributed by atoms with E-state index in [0.717, 1.165) is 51.4 Å². The van der Waals surface area contributed by atoms with Gasteiger partial charge in [0.15, 0.2) is 0 Å². The Morgan fingerprint density at radius 3 is 2.21 bits per heavy atom. The van der Waals surface area contributed by atoms with E-state index in [0.29, 0.717) is 6.42 Å². The van der Waals surface area contributed by atoms with Gasteiger partial charge in [0.1, 0.15) is 0 Å². The first kappa shape index (κ1) is 14.3. The van der Waals surface area contributed by atoms with Crippen LogP contribution in [0.5, 0.6) is 0 Å². The summed E-state index contributed by atoms with van der Waals surface area (Å²) in [6.07, 6.45) is 8.60. The van der Waals surface area contributed by atoms with Gasteiger partial charge in [-0.1, -0.05) is 25.7 Å². The maximum Gasteiger partial charge on any atom is 0.237 e. The van der Waals surface area contributed by atoms with Crippen LogP contribution in [-0.2, 0) is 9.59 Å². The topological polar surface area (TPSA) is 89.4 Å². The lowest BCUT2D eigenvalue weighted by atomic mass is 9.93. The number of hydrogen-bond donors (Lipinski definition) is 2. The number of hydrogen-bond acceptors (Lipinski definition) is 3. The number of rotatable bonds is 5. The average molecular weight is 267 g/mol. The van der Waals surface area contributed by atoms with Crippen molar-refractivity contribution in [3.05, 3.63) is 0 Å². The fraction of sp³-hybridized carbons (Fsp3) is 0.857. The Morgan fingerprint density at radius 2 is 1.68 bits per heavy atom. The van der Waals surface area contributed by atoms with Gasteiger partial charge < -0.3 is 16.4 Å². The summed E-state index contributed by atoms with van der Waals surface area (Å²) in [4.78, 5) is 25.3. The summed E-state index contributed by atoms with van der Waals surface area (Å²) in [5.74, 6) is -0.423. The van der Waals surface area contributed by atoms with Gasteiger partial charge in [0.05, 0.1) is 6.54 Å². The molecule has 19 heavy (non-hydrogen) atoms. The third-order valence-electron chi connectivity index (χ3n) is 4.51. The van der Waals surface area contributed by atoms with E-state index in [-0.39, 0.29) is 24.0 Å². The molecule has 5 heteroatoms. The van der Waals surface area contributed by atoms with Gasteiger partial charge in [-0.3, -0.25) is 9.59 Å². The minimum absolute atomic E-state index is 0.00935. The van der Waals surface area contributed by atoms with Crippen LogP contribution in [-0.4, -0.2) is 34.8 Å². The number of amides is 2. The van der Waals surface area contributed by atoms with Crippen LogP contribution >= 0.6 is 0 Å². The third-order valence-corrected chi connectivity index (χ3v) is 4.51. The van der Waals surface area contributed by atoms with Gasteiger partial charge in [0, 0.05) is 18.0 Å². The Hall–Kier alpha value is -1.10. The molecule has 0 saturated heterocycles. The molecule has 5 nitrogen and oxygen atoms in total. The van der Waals surface area contributed by atoms with Crippen molar-refractivity contribution in [3.63, 3.8) is 0 Å². The Labute approximate surface area is 114 Å². The highest BCUT2D eigenvalue weighted by atomic mass is 16.2. The van der Waals surface area contributed by atoms with Crippen LogP contribution in [0.1, 0.15) is 57.8 Å². The Morgan fingerprint density at radius 1 is 1.11 bits per heavy atom. The molecule has 2 amide bonds. The zero-order valence-electron chi connectivity index (χ0n) is 11.6. The van der Waals surface area contributed by atoms with E-state index in [4.69, 9.17) is 11.5 Å². The molecule has 2 aliphatic carbocycles. The Kier molecular flexibility index (Phi) is 4.45. The minimum atomic E-state index is -0.433. The molecule has 0 aromatic carbocycles. The summed E-state index contributed by atoms with van der Waals surface area (Å²) in [5.41, 5.74) is 11.2. The minimum Gasteiger partial charge on any atom is -0.368 e. The highest BCUT2D eigenvalue weighted by molar-refractivity contribution is 5.84. The molecule has 0 heterocycles. The molecule has 2 rings (SSSR count). The van der Waals surface area contributed by atoms with Crippen LogP contribution < -0.4 is 11.5 Å². The summed E-state index contributed by atoms with van der Waals surface area (Å²) in [6, 6.07) is 0.185. The summed E-state index contributed by atoms with van der Waals surface area (Å²) < 4.78 is 0. The molecule has 2 fully saturated rings. The standard InChI is InChI=1S/C14H25N3O2/c15-12(18)10-17(11-5-1-2-6-11)13(19)9-14(16)7-3-4-8-14/h11H,1-10,16H2,(H2,15,18). The predicted octanol–water partition coefficient (Wildman–Crippen LogP) is 0.904. The first-order chi connectivity index (χ1) is 9.00. The molecule has 4 N–H and O–H groups in total. The maximum absolute atomic E-state index is 12.5. The number of carbonyl (C=O) groups is 2. The van der Waals surface area contributed by atoms with Gasteiger partial charge in [0.25, 0.3) is 0 Å². The first-order valence-electron chi connectivity index (χ1n) is 7.37. The fourth-order valence-electron chi connectivity index (χ4n) is 3.46. The Bertz CT molecular complexity index is 345. The van der Waals surface area contributed by atoms with Crippen LogP contribution in [0.2, 0.25) is 0 Å². The lowest BCUT2D eigenvalue weighted by molar-refractivity contribution is -0.138. The molecule has 0 bridgehead atoms. The van der Waals surface area contributed by atoms with E-state index >= 15 is 0 Å². The zero-order valence-corrected chi connectivity index (χ0v) is 11.6. The normalized spacial score (nSPS) is 22.6. The van der Waals surface area contributed by atoms with Gasteiger partial charge in [-0.2, -0.15) is 0 Å². The number of nitrogens with zero attached hydrogens (tertiary/aromatic N) is 1. The monoisotopic (exact) mass is 267 g/mol. The average Bonchev–Trinajstić information content (AvgIpc) is 2.97. The molecule has 0 spiro atoms. The lowest BCUT2D eigenvalue weighted by Gasteiger charge is -2.32. The van der Waals surface area contributed by atoms with Crippen LogP contribution in [0.4, 0.5) is 0 Å². The van der Waals surface area contributed by atoms with Crippen LogP contribution in [0, 0.1) is 0 Å². The van der Waals surface area contributed by atoms with Crippen molar-refractivity contribution in [3.8, 4) is 0 Å². The van der Waals surface area contributed by atoms with Gasteiger partial charge in [-0.05, 0) is 25.7 Å². The highest BCUT2D eigenvalue weighted by Crippen LogP contribution is 2.32. The number of carbonyl (C=O) groups excluding carboxylic acids is 2. The van der Waals surface area contributed by atoms with Crippen molar-refractivity contribution >= 4 is 11.8 Å². The van der Waals surface area contributed by atoms with Gasteiger partial charge in [0.2, 0.25) is 11.8 Å².